The standard InChI is InChI=1S/C9H16N2O/c1-3-8(12)11-5-4-9(2,6-10)7-11/h3H,1,4-7,10H2,2H3. The van der Waals surface area contributed by atoms with E-state index in [0.29, 0.717) is 6.54 Å². The smallest absolute Gasteiger partial charge is 0.245 e. The van der Waals surface area contributed by atoms with Crippen LogP contribution >= 0.6 is 0 Å². The van der Waals surface area contributed by atoms with E-state index in [1.807, 2.05) is 0 Å². The first-order valence-corrected chi connectivity index (χ1v) is 4.23. The Morgan fingerprint density at radius 2 is 2.50 bits per heavy atom. The van der Waals surface area contributed by atoms with E-state index in [4.69, 9.17) is 5.73 Å². The van der Waals surface area contributed by atoms with Gasteiger partial charge in [0.1, 0.15) is 0 Å². The summed E-state index contributed by atoms with van der Waals surface area (Å²) in [6.45, 7) is 7.81. The van der Waals surface area contributed by atoms with Gasteiger partial charge in [-0.2, -0.15) is 0 Å². The maximum Gasteiger partial charge on any atom is 0.245 e. The molecule has 0 saturated carbocycles. The molecule has 1 atom stereocenters. The normalized spacial score (nSPS) is 29.0. The third kappa shape index (κ3) is 1.67. The highest BCUT2D eigenvalue weighted by Gasteiger charge is 2.33. The van der Waals surface area contributed by atoms with Gasteiger partial charge < -0.3 is 10.6 Å². The van der Waals surface area contributed by atoms with Gasteiger partial charge in [-0.15, -0.1) is 0 Å². The molecule has 12 heavy (non-hydrogen) atoms. The summed E-state index contributed by atoms with van der Waals surface area (Å²) < 4.78 is 0. The molecular formula is C9H16N2O. The van der Waals surface area contributed by atoms with E-state index in [9.17, 15) is 4.79 Å². The first-order chi connectivity index (χ1) is 5.61. The van der Waals surface area contributed by atoms with Crippen molar-refractivity contribution in [1.82, 2.24) is 4.90 Å². The molecule has 0 aromatic carbocycles. The Bertz CT molecular complexity index is 203. The van der Waals surface area contributed by atoms with Crippen LogP contribution in [0.2, 0.25) is 0 Å². The van der Waals surface area contributed by atoms with Crippen molar-refractivity contribution < 1.29 is 4.79 Å². The predicted molar refractivity (Wildman–Crippen MR) is 48.6 cm³/mol. The van der Waals surface area contributed by atoms with Crippen molar-refractivity contribution in [3.8, 4) is 0 Å². The highest BCUT2D eigenvalue weighted by molar-refractivity contribution is 5.87. The summed E-state index contributed by atoms with van der Waals surface area (Å²) in [5.41, 5.74) is 5.73. The summed E-state index contributed by atoms with van der Waals surface area (Å²) in [5.74, 6) is 0.0205. The molecule has 1 amide bonds. The van der Waals surface area contributed by atoms with Gasteiger partial charge >= 0.3 is 0 Å². The summed E-state index contributed by atoms with van der Waals surface area (Å²) in [4.78, 5) is 13.0. The van der Waals surface area contributed by atoms with Crippen molar-refractivity contribution in [3.05, 3.63) is 12.7 Å². The summed E-state index contributed by atoms with van der Waals surface area (Å²) in [6, 6.07) is 0. The van der Waals surface area contributed by atoms with Crippen LogP contribution in [0.3, 0.4) is 0 Å². The molecule has 0 spiro atoms. The first kappa shape index (κ1) is 9.26. The molecule has 0 radical (unpaired) electrons. The Balaban J connectivity index is 2.56. The molecule has 1 unspecified atom stereocenters. The molecular weight excluding hydrogens is 152 g/mol. The molecule has 1 fully saturated rings. The summed E-state index contributed by atoms with van der Waals surface area (Å²) >= 11 is 0. The van der Waals surface area contributed by atoms with Crippen LogP contribution in [0.1, 0.15) is 13.3 Å². The molecule has 68 valence electrons. The van der Waals surface area contributed by atoms with Crippen LogP contribution < -0.4 is 5.73 Å². The highest BCUT2D eigenvalue weighted by atomic mass is 16.2. The molecule has 3 heteroatoms. The van der Waals surface area contributed by atoms with E-state index >= 15 is 0 Å². The number of carbonyl (C=O) groups is 1. The molecule has 0 aromatic rings. The molecule has 0 aromatic heterocycles. The van der Waals surface area contributed by atoms with Gasteiger partial charge in [-0.3, -0.25) is 4.79 Å². The third-order valence-corrected chi connectivity index (χ3v) is 2.54. The SMILES string of the molecule is C=CC(=O)N1CCC(C)(CN)C1. The molecule has 1 rings (SSSR count). The molecule has 1 aliphatic heterocycles. The zero-order valence-electron chi connectivity index (χ0n) is 7.55. The molecule has 2 N–H and O–H groups in total. The Labute approximate surface area is 73.2 Å². The number of likely N-dealkylation sites (tertiary alicyclic amines) is 1. The Morgan fingerprint density at radius 3 is 2.92 bits per heavy atom. The number of hydrogen-bond donors (Lipinski definition) is 1. The molecule has 0 aliphatic carbocycles. The lowest BCUT2D eigenvalue weighted by atomic mass is 9.90. The fraction of sp³-hybridized carbons (Fsp3) is 0.667. The van der Waals surface area contributed by atoms with Crippen LogP contribution in [-0.2, 0) is 4.79 Å². The lowest BCUT2D eigenvalue weighted by molar-refractivity contribution is -0.125. The van der Waals surface area contributed by atoms with Crippen LogP contribution in [-0.4, -0.2) is 30.4 Å². The van der Waals surface area contributed by atoms with Gasteiger partial charge in [-0.05, 0) is 24.5 Å². The minimum absolute atomic E-state index is 0.0205. The predicted octanol–water partition coefficient (Wildman–Crippen LogP) is 0.370. The van der Waals surface area contributed by atoms with Crippen molar-refractivity contribution in [2.45, 2.75) is 13.3 Å². The molecule has 0 bridgehead atoms. The topological polar surface area (TPSA) is 46.3 Å². The van der Waals surface area contributed by atoms with Gasteiger partial charge in [-0.1, -0.05) is 13.5 Å². The summed E-state index contributed by atoms with van der Waals surface area (Å²) in [7, 11) is 0. The van der Waals surface area contributed by atoms with Gasteiger partial charge in [0.25, 0.3) is 0 Å². The van der Waals surface area contributed by atoms with Crippen molar-refractivity contribution in [3.63, 3.8) is 0 Å². The first-order valence-electron chi connectivity index (χ1n) is 4.23. The Kier molecular flexibility index (Phi) is 2.52. The number of carbonyl (C=O) groups excluding carboxylic acids is 1. The van der Waals surface area contributed by atoms with Gasteiger partial charge in [0.2, 0.25) is 5.91 Å². The molecule has 1 aliphatic rings. The Morgan fingerprint density at radius 1 is 1.83 bits per heavy atom. The Hall–Kier alpha value is -0.830. The number of rotatable bonds is 2. The summed E-state index contributed by atoms with van der Waals surface area (Å²) in [6.07, 6.45) is 2.37. The van der Waals surface area contributed by atoms with E-state index in [0.717, 1.165) is 19.5 Å². The van der Waals surface area contributed by atoms with E-state index in [1.165, 1.54) is 6.08 Å². The van der Waals surface area contributed by atoms with E-state index in [2.05, 4.69) is 13.5 Å². The molecule has 3 nitrogen and oxygen atoms in total. The van der Waals surface area contributed by atoms with Crippen LogP contribution in [0.25, 0.3) is 0 Å². The number of nitrogens with two attached hydrogens (primary N) is 1. The second kappa shape index (κ2) is 3.27. The monoisotopic (exact) mass is 168 g/mol. The van der Waals surface area contributed by atoms with Gasteiger partial charge in [0.05, 0.1) is 0 Å². The zero-order chi connectivity index (χ0) is 9.19. The largest absolute Gasteiger partial charge is 0.339 e. The fourth-order valence-corrected chi connectivity index (χ4v) is 1.51. The van der Waals surface area contributed by atoms with Crippen molar-refractivity contribution in [1.29, 1.82) is 0 Å². The minimum Gasteiger partial charge on any atom is -0.339 e. The maximum atomic E-state index is 11.2. The average molecular weight is 168 g/mol. The molecule has 1 heterocycles. The summed E-state index contributed by atoms with van der Waals surface area (Å²) in [5, 5.41) is 0. The van der Waals surface area contributed by atoms with Gasteiger partial charge in [-0.25, -0.2) is 0 Å². The fourth-order valence-electron chi connectivity index (χ4n) is 1.51. The molecule has 1 saturated heterocycles. The van der Waals surface area contributed by atoms with Crippen molar-refractivity contribution in [2.24, 2.45) is 11.1 Å². The maximum absolute atomic E-state index is 11.2. The third-order valence-electron chi connectivity index (χ3n) is 2.54. The van der Waals surface area contributed by atoms with E-state index < -0.39 is 0 Å². The van der Waals surface area contributed by atoms with Crippen LogP contribution in [0.15, 0.2) is 12.7 Å². The number of hydrogen-bond acceptors (Lipinski definition) is 2. The number of amides is 1. The van der Waals surface area contributed by atoms with E-state index in [-0.39, 0.29) is 11.3 Å². The minimum atomic E-state index is 0.0205. The second-order valence-corrected chi connectivity index (χ2v) is 3.73. The lowest BCUT2D eigenvalue weighted by Crippen LogP contribution is -2.33. The van der Waals surface area contributed by atoms with Crippen LogP contribution in [0.4, 0.5) is 0 Å². The van der Waals surface area contributed by atoms with Crippen LogP contribution in [0, 0.1) is 5.41 Å². The number of nitrogens with zero attached hydrogens (tertiary/aromatic N) is 1. The van der Waals surface area contributed by atoms with E-state index in [1.54, 1.807) is 4.90 Å². The van der Waals surface area contributed by atoms with Crippen LogP contribution in [0.5, 0.6) is 0 Å². The second-order valence-electron chi connectivity index (χ2n) is 3.73. The van der Waals surface area contributed by atoms with Crippen molar-refractivity contribution in [2.75, 3.05) is 19.6 Å². The highest BCUT2D eigenvalue weighted by Crippen LogP contribution is 2.28. The van der Waals surface area contributed by atoms with Gasteiger partial charge in [0, 0.05) is 13.1 Å². The van der Waals surface area contributed by atoms with Gasteiger partial charge in [0.15, 0.2) is 0 Å². The quantitative estimate of drug-likeness (QED) is 0.605. The van der Waals surface area contributed by atoms with Crippen molar-refractivity contribution >= 4 is 5.91 Å². The zero-order valence-corrected chi connectivity index (χ0v) is 7.55. The lowest BCUT2D eigenvalue weighted by Gasteiger charge is -2.21. The average Bonchev–Trinajstić information content (AvgIpc) is 2.48.